The maximum atomic E-state index is 12.1. The van der Waals surface area contributed by atoms with Crippen molar-refractivity contribution in [2.75, 3.05) is 5.73 Å². The van der Waals surface area contributed by atoms with Crippen molar-refractivity contribution in [1.29, 1.82) is 0 Å². The van der Waals surface area contributed by atoms with Crippen LogP contribution in [-0.4, -0.2) is 16.9 Å². The zero-order valence-corrected chi connectivity index (χ0v) is 10.9. The molecule has 1 heterocycles. The standard InChI is InChI=1S/C14H21N3O/c1-2-10-5-3-4-6-12(10)17-14(18)13-8-7-11(15)9-16-13/h7-10,12H,2-6,15H2,1H3,(H,17,18). The average Bonchev–Trinajstić information content (AvgIpc) is 2.40. The summed E-state index contributed by atoms with van der Waals surface area (Å²) in [6.07, 6.45) is 7.44. The van der Waals surface area contributed by atoms with Gasteiger partial charge in [0.2, 0.25) is 0 Å². The number of nitrogens with zero attached hydrogens (tertiary/aromatic N) is 1. The van der Waals surface area contributed by atoms with Crippen molar-refractivity contribution < 1.29 is 4.79 Å². The molecule has 0 saturated heterocycles. The third kappa shape index (κ3) is 3.00. The molecule has 1 aromatic heterocycles. The summed E-state index contributed by atoms with van der Waals surface area (Å²) < 4.78 is 0. The second-order valence-electron chi connectivity index (χ2n) is 5.01. The fourth-order valence-electron chi connectivity index (χ4n) is 2.67. The Morgan fingerprint density at radius 2 is 2.22 bits per heavy atom. The van der Waals surface area contributed by atoms with Crippen LogP contribution >= 0.6 is 0 Å². The van der Waals surface area contributed by atoms with E-state index in [-0.39, 0.29) is 5.91 Å². The predicted octanol–water partition coefficient (Wildman–Crippen LogP) is 2.36. The molecule has 98 valence electrons. The minimum Gasteiger partial charge on any atom is -0.397 e. The van der Waals surface area contributed by atoms with E-state index in [1.54, 1.807) is 12.1 Å². The van der Waals surface area contributed by atoms with Crippen LogP contribution in [-0.2, 0) is 0 Å². The molecular weight excluding hydrogens is 226 g/mol. The van der Waals surface area contributed by atoms with Crippen LogP contribution in [0.1, 0.15) is 49.5 Å². The number of nitrogen functional groups attached to an aromatic ring is 1. The highest BCUT2D eigenvalue weighted by Crippen LogP contribution is 2.26. The van der Waals surface area contributed by atoms with E-state index in [2.05, 4.69) is 17.2 Å². The summed E-state index contributed by atoms with van der Waals surface area (Å²) in [7, 11) is 0. The molecule has 1 saturated carbocycles. The van der Waals surface area contributed by atoms with Crippen molar-refractivity contribution in [3.8, 4) is 0 Å². The molecular formula is C14H21N3O. The van der Waals surface area contributed by atoms with E-state index < -0.39 is 0 Å². The molecule has 3 N–H and O–H groups in total. The fraction of sp³-hybridized carbons (Fsp3) is 0.571. The Kier molecular flexibility index (Phi) is 4.18. The molecule has 1 aromatic rings. The molecule has 0 aliphatic heterocycles. The van der Waals surface area contributed by atoms with E-state index in [1.165, 1.54) is 25.5 Å². The molecule has 1 amide bonds. The number of nitrogens with two attached hydrogens (primary N) is 1. The van der Waals surface area contributed by atoms with E-state index in [0.717, 1.165) is 12.8 Å². The van der Waals surface area contributed by atoms with Crippen LogP contribution in [0.25, 0.3) is 0 Å². The molecule has 1 aliphatic rings. The van der Waals surface area contributed by atoms with Gasteiger partial charge in [-0.2, -0.15) is 0 Å². The Morgan fingerprint density at radius 3 is 2.89 bits per heavy atom. The number of anilines is 1. The number of carbonyl (C=O) groups excluding carboxylic acids is 1. The number of nitrogens with one attached hydrogen (secondary N) is 1. The first-order valence-corrected chi connectivity index (χ1v) is 6.73. The van der Waals surface area contributed by atoms with Crippen LogP contribution < -0.4 is 11.1 Å². The van der Waals surface area contributed by atoms with Crippen LogP contribution in [0.5, 0.6) is 0 Å². The summed E-state index contributed by atoms with van der Waals surface area (Å²) in [5, 5.41) is 3.11. The fourth-order valence-corrected chi connectivity index (χ4v) is 2.67. The molecule has 4 heteroatoms. The summed E-state index contributed by atoms with van der Waals surface area (Å²) >= 11 is 0. The van der Waals surface area contributed by atoms with Crippen LogP contribution in [0.15, 0.2) is 18.3 Å². The summed E-state index contributed by atoms with van der Waals surface area (Å²) in [6.45, 7) is 2.19. The number of hydrogen-bond donors (Lipinski definition) is 2. The lowest BCUT2D eigenvalue weighted by molar-refractivity contribution is 0.0899. The first-order valence-electron chi connectivity index (χ1n) is 6.73. The number of aromatic nitrogens is 1. The van der Waals surface area contributed by atoms with Crippen molar-refractivity contribution in [2.24, 2.45) is 5.92 Å². The number of rotatable bonds is 3. The van der Waals surface area contributed by atoms with E-state index in [1.807, 2.05) is 0 Å². The molecule has 2 unspecified atom stereocenters. The third-order valence-electron chi connectivity index (χ3n) is 3.77. The van der Waals surface area contributed by atoms with Crippen LogP contribution in [0.4, 0.5) is 5.69 Å². The van der Waals surface area contributed by atoms with E-state index in [9.17, 15) is 4.79 Å². The summed E-state index contributed by atoms with van der Waals surface area (Å²) in [5.41, 5.74) is 6.59. The van der Waals surface area contributed by atoms with Crippen molar-refractivity contribution in [1.82, 2.24) is 10.3 Å². The molecule has 1 aliphatic carbocycles. The smallest absolute Gasteiger partial charge is 0.270 e. The van der Waals surface area contributed by atoms with Gasteiger partial charge in [0.15, 0.2) is 0 Å². The van der Waals surface area contributed by atoms with Gasteiger partial charge in [0.25, 0.3) is 5.91 Å². The minimum absolute atomic E-state index is 0.0830. The van der Waals surface area contributed by atoms with Crippen molar-refractivity contribution in [3.63, 3.8) is 0 Å². The highest BCUT2D eigenvalue weighted by Gasteiger charge is 2.25. The Morgan fingerprint density at radius 1 is 1.44 bits per heavy atom. The van der Waals surface area contributed by atoms with E-state index in [4.69, 9.17) is 5.73 Å². The van der Waals surface area contributed by atoms with Crippen molar-refractivity contribution in [2.45, 2.75) is 45.1 Å². The Hall–Kier alpha value is -1.58. The second kappa shape index (κ2) is 5.85. The number of pyridine rings is 1. The zero-order chi connectivity index (χ0) is 13.0. The van der Waals surface area contributed by atoms with Crippen LogP contribution in [0.2, 0.25) is 0 Å². The lowest BCUT2D eigenvalue weighted by atomic mass is 9.83. The van der Waals surface area contributed by atoms with Gasteiger partial charge < -0.3 is 11.1 Å². The molecule has 0 bridgehead atoms. The lowest BCUT2D eigenvalue weighted by Gasteiger charge is -2.31. The quantitative estimate of drug-likeness (QED) is 0.861. The van der Waals surface area contributed by atoms with Crippen molar-refractivity contribution in [3.05, 3.63) is 24.0 Å². The summed E-state index contributed by atoms with van der Waals surface area (Å²) in [4.78, 5) is 16.1. The zero-order valence-electron chi connectivity index (χ0n) is 10.9. The highest BCUT2D eigenvalue weighted by molar-refractivity contribution is 5.92. The first kappa shape index (κ1) is 12.9. The first-order chi connectivity index (χ1) is 8.70. The molecule has 0 radical (unpaired) electrons. The summed E-state index contributed by atoms with van der Waals surface area (Å²) in [6, 6.07) is 3.68. The van der Waals surface area contributed by atoms with Gasteiger partial charge in [-0.3, -0.25) is 4.79 Å². The maximum Gasteiger partial charge on any atom is 0.270 e. The minimum atomic E-state index is -0.0830. The van der Waals surface area contributed by atoms with Gasteiger partial charge in [-0.1, -0.05) is 26.2 Å². The number of hydrogen-bond acceptors (Lipinski definition) is 3. The van der Waals surface area contributed by atoms with Gasteiger partial charge in [-0.05, 0) is 30.9 Å². The Balaban J connectivity index is 1.99. The molecule has 2 rings (SSSR count). The van der Waals surface area contributed by atoms with Crippen LogP contribution in [0.3, 0.4) is 0 Å². The Labute approximate surface area is 108 Å². The van der Waals surface area contributed by atoms with Gasteiger partial charge in [0, 0.05) is 6.04 Å². The van der Waals surface area contributed by atoms with E-state index in [0.29, 0.717) is 23.3 Å². The second-order valence-corrected chi connectivity index (χ2v) is 5.01. The van der Waals surface area contributed by atoms with Gasteiger partial charge in [0.05, 0.1) is 11.9 Å². The predicted molar refractivity (Wildman–Crippen MR) is 72.2 cm³/mol. The molecule has 4 nitrogen and oxygen atoms in total. The van der Waals surface area contributed by atoms with Gasteiger partial charge >= 0.3 is 0 Å². The molecule has 0 aromatic carbocycles. The topological polar surface area (TPSA) is 68.0 Å². The highest BCUT2D eigenvalue weighted by atomic mass is 16.1. The van der Waals surface area contributed by atoms with Crippen molar-refractivity contribution >= 4 is 11.6 Å². The maximum absolute atomic E-state index is 12.1. The van der Waals surface area contributed by atoms with Gasteiger partial charge in [0.1, 0.15) is 5.69 Å². The third-order valence-corrected chi connectivity index (χ3v) is 3.77. The lowest BCUT2D eigenvalue weighted by Crippen LogP contribution is -2.42. The number of amides is 1. The molecule has 2 atom stereocenters. The normalized spacial score (nSPS) is 23.6. The number of carbonyl (C=O) groups is 1. The SMILES string of the molecule is CCC1CCCCC1NC(=O)c1ccc(N)cn1. The molecule has 1 fully saturated rings. The van der Waals surface area contributed by atoms with Crippen LogP contribution in [0, 0.1) is 5.92 Å². The summed E-state index contributed by atoms with van der Waals surface area (Å²) in [5.74, 6) is 0.525. The molecule has 0 spiro atoms. The average molecular weight is 247 g/mol. The van der Waals surface area contributed by atoms with Gasteiger partial charge in [-0.15, -0.1) is 0 Å². The monoisotopic (exact) mass is 247 g/mol. The van der Waals surface area contributed by atoms with E-state index >= 15 is 0 Å². The van der Waals surface area contributed by atoms with Gasteiger partial charge in [-0.25, -0.2) is 4.98 Å². The Bertz CT molecular complexity index is 402. The largest absolute Gasteiger partial charge is 0.397 e. The molecule has 18 heavy (non-hydrogen) atoms.